The first-order valence-corrected chi connectivity index (χ1v) is 9.72. The molecule has 2 amide bonds. The highest BCUT2D eigenvalue weighted by atomic mass is 16.5. The number of hydrogen-bond acceptors (Lipinski definition) is 5. The van der Waals surface area contributed by atoms with Gasteiger partial charge in [0.1, 0.15) is 12.4 Å². The van der Waals surface area contributed by atoms with E-state index >= 15 is 0 Å². The van der Waals surface area contributed by atoms with Crippen molar-refractivity contribution in [2.75, 3.05) is 29.9 Å². The smallest absolute Gasteiger partial charge is 0.255 e. The number of rotatable bonds is 6. The van der Waals surface area contributed by atoms with Gasteiger partial charge >= 0.3 is 0 Å². The Labute approximate surface area is 174 Å². The summed E-state index contributed by atoms with van der Waals surface area (Å²) in [7, 11) is 0. The number of hydrogen-bond donors (Lipinski definition) is 2. The highest BCUT2D eigenvalue weighted by Crippen LogP contribution is 2.20. The van der Waals surface area contributed by atoms with Crippen LogP contribution in [0.4, 0.5) is 11.4 Å². The molecule has 1 fully saturated rings. The van der Waals surface area contributed by atoms with Crippen LogP contribution in [0.5, 0.6) is 5.75 Å². The Morgan fingerprint density at radius 2 is 1.90 bits per heavy atom. The molecule has 7 heteroatoms. The van der Waals surface area contributed by atoms with Crippen molar-refractivity contribution in [3.05, 3.63) is 84.2 Å². The lowest BCUT2D eigenvalue weighted by molar-refractivity contribution is -0.120. The molecule has 1 aliphatic heterocycles. The summed E-state index contributed by atoms with van der Waals surface area (Å²) in [5.74, 6) is 0.510. The molecule has 0 unspecified atom stereocenters. The minimum absolute atomic E-state index is 0.0199. The quantitative estimate of drug-likeness (QED) is 0.663. The van der Waals surface area contributed by atoms with Gasteiger partial charge in [-0.2, -0.15) is 0 Å². The zero-order chi connectivity index (χ0) is 20.8. The summed E-state index contributed by atoms with van der Waals surface area (Å²) in [5, 5.41) is 5.70. The Kier molecular flexibility index (Phi) is 5.89. The number of piperazine rings is 1. The van der Waals surface area contributed by atoms with Crippen LogP contribution >= 0.6 is 0 Å². The van der Waals surface area contributed by atoms with Gasteiger partial charge < -0.3 is 20.3 Å². The van der Waals surface area contributed by atoms with E-state index in [-0.39, 0.29) is 11.8 Å². The van der Waals surface area contributed by atoms with E-state index in [1.807, 2.05) is 41.3 Å². The van der Waals surface area contributed by atoms with Crippen molar-refractivity contribution in [3.8, 4) is 5.75 Å². The number of nitrogens with one attached hydrogen (secondary N) is 2. The summed E-state index contributed by atoms with van der Waals surface area (Å²) < 4.78 is 5.72. The van der Waals surface area contributed by atoms with Crippen LogP contribution in [-0.4, -0.2) is 36.4 Å². The SMILES string of the molecule is O=C1CN(c2ccc(NC(=O)c3ccc(OCc4cccnc4)cc3)cc2)CCN1. The average Bonchev–Trinajstić information content (AvgIpc) is 2.79. The number of carbonyl (C=O) groups is 2. The predicted octanol–water partition coefficient (Wildman–Crippen LogP) is 2.85. The van der Waals surface area contributed by atoms with E-state index in [2.05, 4.69) is 15.6 Å². The monoisotopic (exact) mass is 402 g/mol. The molecule has 2 aromatic carbocycles. The standard InChI is InChI=1S/C23H22N4O3/c28-22-15-27(13-12-25-22)20-7-5-19(6-8-20)26-23(29)18-3-9-21(10-4-18)30-16-17-2-1-11-24-14-17/h1-11,14H,12-13,15-16H2,(H,25,28)(H,26,29). The van der Waals surface area contributed by atoms with Gasteiger partial charge in [-0.25, -0.2) is 0 Å². The van der Waals surface area contributed by atoms with Crippen molar-refractivity contribution in [2.24, 2.45) is 0 Å². The first kappa shape index (κ1) is 19.4. The average molecular weight is 402 g/mol. The van der Waals surface area contributed by atoms with Crippen molar-refractivity contribution in [1.29, 1.82) is 0 Å². The van der Waals surface area contributed by atoms with Crippen LogP contribution in [0.15, 0.2) is 73.1 Å². The number of nitrogens with zero attached hydrogens (tertiary/aromatic N) is 2. The van der Waals surface area contributed by atoms with Crippen LogP contribution < -0.4 is 20.3 Å². The van der Waals surface area contributed by atoms with Crippen molar-refractivity contribution >= 4 is 23.2 Å². The molecular weight excluding hydrogens is 380 g/mol. The largest absolute Gasteiger partial charge is 0.489 e. The molecule has 0 aliphatic carbocycles. The van der Waals surface area contributed by atoms with Crippen LogP contribution in [0.25, 0.3) is 0 Å². The summed E-state index contributed by atoms with van der Waals surface area (Å²) in [4.78, 5) is 30.1. The van der Waals surface area contributed by atoms with E-state index in [0.717, 1.165) is 17.8 Å². The van der Waals surface area contributed by atoms with Gasteiger partial charge in [-0.3, -0.25) is 14.6 Å². The first-order chi connectivity index (χ1) is 14.7. The molecule has 0 saturated carbocycles. The van der Waals surface area contributed by atoms with Crippen molar-refractivity contribution in [1.82, 2.24) is 10.3 Å². The molecular formula is C23H22N4O3. The Bertz CT molecular complexity index is 1000. The zero-order valence-corrected chi connectivity index (χ0v) is 16.4. The topological polar surface area (TPSA) is 83.6 Å². The maximum Gasteiger partial charge on any atom is 0.255 e. The Balaban J connectivity index is 1.32. The Morgan fingerprint density at radius 3 is 2.60 bits per heavy atom. The fourth-order valence-electron chi connectivity index (χ4n) is 3.17. The van der Waals surface area contributed by atoms with E-state index in [0.29, 0.717) is 36.7 Å². The fraction of sp³-hybridized carbons (Fsp3) is 0.174. The molecule has 0 atom stereocenters. The lowest BCUT2D eigenvalue weighted by Crippen LogP contribution is -2.47. The molecule has 1 saturated heterocycles. The van der Waals surface area contributed by atoms with Gasteiger partial charge in [-0.1, -0.05) is 6.07 Å². The molecule has 0 spiro atoms. The van der Waals surface area contributed by atoms with Crippen LogP contribution in [0.3, 0.4) is 0 Å². The van der Waals surface area contributed by atoms with Crippen LogP contribution in [0.1, 0.15) is 15.9 Å². The van der Waals surface area contributed by atoms with E-state index in [9.17, 15) is 9.59 Å². The van der Waals surface area contributed by atoms with Crippen molar-refractivity contribution < 1.29 is 14.3 Å². The van der Waals surface area contributed by atoms with Crippen LogP contribution in [0.2, 0.25) is 0 Å². The van der Waals surface area contributed by atoms with Gasteiger partial charge in [0, 0.05) is 48.0 Å². The molecule has 2 N–H and O–H groups in total. The van der Waals surface area contributed by atoms with Crippen molar-refractivity contribution in [2.45, 2.75) is 6.61 Å². The second-order valence-corrected chi connectivity index (χ2v) is 6.95. The second-order valence-electron chi connectivity index (χ2n) is 6.95. The van der Waals surface area contributed by atoms with Gasteiger partial charge in [-0.15, -0.1) is 0 Å². The highest BCUT2D eigenvalue weighted by Gasteiger charge is 2.16. The summed E-state index contributed by atoms with van der Waals surface area (Å²) >= 11 is 0. The van der Waals surface area contributed by atoms with Gasteiger partial charge in [0.15, 0.2) is 0 Å². The van der Waals surface area contributed by atoms with E-state index < -0.39 is 0 Å². The normalized spacial score (nSPS) is 13.5. The molecule has 3 aromatic rings. The van der Waals surface area contributed by atoms with Gasteiger partial charge in [0.05, 0.1) is 6.54 Å². The van der Waals surface area contributed by atoms with E-state index in [4.69, 9.17) is 4.74 Å². The van der Waals surface area contributed by atoms with Crippen LogP contribution in [-0.2, 0) is 11.4 Å². The number of amides is 2. The van der Waals surface area contributed by atoms with Gasteiger partial charge in [0.25, 0.3) is 5.91 Å². The van der Waals surface area contributed by atoms with Crippen LogP contribution in [0, 0.1) is 0 Å². The van der Waals surface area contributed by atoms with Gasteiger partial charge in [0.2, 0.25) is 5.91 Å². The zero-order valence-electron chi connectivity index (χ0n) is 16.4. The number of anilines is 2. The fourth-order valence-corrected chi connectivity index (χ4v) is 3.17. The molecule has 30 heavy (non-hydrogen) atoms. The number of carbonyl (C=O) groups excluding carboxylic acids is 2. The molecule has 4 rings (SSSR count). The first-order valence-electron chi connectivity index (χ1n) is 9.72. The third-order valence-electron chi connectivity index (χ3n) is 4.77. The molecule has 0 radical (unpaired) electrons. The van der Waals surface area contributed by atoms with Gasteiger partial charge in [-0.05, 0) is 54.6 Å². The minimum atomic E-state index is -0.195. The number of pyridine rings is 1. The lowest BCUT2D eigenvalue weighted by Gasteiger charge is -2.28. The lowest BCUT2D eigenvalue weighted by atomic mass is 10.2. The third-order valence-corrected chi connectivity index (χ3v) is 4.77. The molecule has 152 valence electrons. The molecule has 7 nitrogen and oxygen atoms in total. The minimum Gasteiger partial charge on any atom is -0.489 e. The molecule has 0 bridgehead atoms. The molecule has 1 aromatic heterocycles. The maximum absolute atomic E-state index is 12.5. The molecule has 1 aliphatic rings. The highest BCUT2D eigenvalue weighted by molar-refractivity contribution is 6.04. The predicted molar refractivity (Wildman–Crippen MR) is 115 cm³/mol. The third kappa shape index (κ3) is 4.94. The molecule has 2 heterocycles. The second kappa shape index (κ2) is 9.09. The number of benzene rings is 2. The summed E-state index contributed by atoms with van der Waals surface area (Å²) in [5.41, 5.74) is 3.17. The summed E-state index contributed by atoms with van der Waals surface area (Å²) in [6.45, 7) is 2.18. The summed E-state index contributed by atoms with van der Waals surface area (Å²) in [6.07, 6.45) is 3.48. The summed E-state index contributed by atoms with van der Waals surface area (Å²) in [6, 6.07) is 18.3. The maximum atomic E-state index is 12.5. The Morgan fingerprint density at radius 1 is 1.10 bits per heavy atom. The number of ether oxygens (including phenoxy) is 1. The van der Waals surface area contributed by atoms with E-state index in [1.165, 1.54) is 0 Å². The van der Waals surface area contributed by atoms with E-state index in [1.54, 1.807) is 36.7 Å². The van der Waals surface area contributed by atoms with Crippen molar-refractivity contribution in [3.63, 3.8) is 0 Å². The number of aromatic nitrogens is 1. The Hall–Kier alpha value is -3.87.